The maximum absolute atomic E-state index is 12.3. The summed E-state index contributed by atoms with van der Waals surface area (Å²) >= 11 is 0. The van der Waals surface area contributed by atoms with E-state index in [0.717, 1.165) is 37.5 Å². The third-order valence-corrected chi connectivity index (χ3v) is 4.06. The molecule has 1 amide bonds. The predicted octanol–water partition coefficient (Wildman–Crippen LogP) is 2.70. The van der Waals surface area contributed by atoms with Gasteiger partial charge < -0.3 is 10.2 Å². The van der Waals surface area contributed by atoms with Gasteiger partial charge in [-0.2, -0.15) is 0 Å². The van der Waals surface area contributed by atoms with E-state index in [9.17, 15) is 4.79 Å². The van der Waals surface area contributed by atoms with Gasteiger partial charge in [0.15, 0.2) is 0 Å². The fourth-order valence-electron chi connectivity index (χ4n) is 2.79. The lowest BCUT2D eigenvalue weighted by molar-refractivity contribution is -0.117. The number of hydrogen-bond acceptors (Lipinski definition) is 2. The number of fused-ring (bicyclic) bond motifs is 1. The van der Waals surface area contributed by atoms with Gasteiger partial charge in [-0.25, -0.2) is 0 Å². The average Bonchev–Trinajstić information content (AvgIpc) is 3.21. The molecule has 3 rings (SSSR count). The minimum absolute atomic E-state index is 0. The van der Waals surface area contributed by atoms with E-state index in [1.54, 1.807) is 0 Å². The van der Waals surface area contributed by atoms with E-state index in [1.165, 1.54) is 24.0 Å². The minimum Gasteiger partial charge on any atom is -0.311 e. The monoisotopic (exact) mass is 294 g/mol. The van der Waals surface area contributed by atoms with Crippen molar-refractivity contribution in [3.05, 3.63) is 29.3 Å². The molecule has 1 aromatic rings. The van der Waals surface area contributed by atoms with Crippen LogP contribution < -0.4 is 10.2 Å². The Morgan fingerprint density at radius 1 is 1.40 bits per heavy atom. The molecule has 2 aliphatic rings. The highest BCUT2D eigenvalue weighted by Crippen LogP contribution is 2.29. The van der Waals surface area contributed by atoms with Crippen LogP contribution in [0.1, 0.15) is 30.4 Å². The number of hydrogen-bond donors (Lipinski definition) is 1. The molecule has 20 heavy (non-hydrogen) atoms. The zero-order valence-electron chi connectivity index (χ0n) is 12.0. The van der Waals surface area contributed by atoms with Gasteiger partial charge in [0.2, 0.25) is 5.91 Å². The van der Waals surface area contributed by atoms with Gasteiger partial charge >= 0.3 is 0 Å². The highest BCUT2D eigenvalue weighted by atomic mass is 35.5. The number of anilines is 1. The van der Waals surface area contributed by atoms with Crippen molar-refractivity contribution in [2.24, 2.45) is 5.92 Å². The minimum atomic E-state index is 0. The molecule has 1 heterocycles. The first-order valence-corrected chi connectivity index (χ1v) is 7.34. The Morgan fingerprint density at radius 3 is 2.95 bits per heavy atom. The molecule has 1 saturated carbocycles. The SMILES string of the molecule is Cc1ccc2c(c1)CCCN2C(=O)CNCC1CC1.Cl. The van der Waals surface area contributed by atoms with Gasteiger partial charge in [-0.1, -0.05) is 17.7 Å². The molecule has 0 unspecified atom stereocenters. The Kier molecular flexibility index (Phi) is 5.06. The first kappa shape index (κ1) is 15.3. The average molecular weight is 295 g/mol. The molecule has 0 atom stereocenters. The van der Waals surface area contributed by atoms with Crippen molar-refractivity contribution in [2.75, 3.05) is 24.5 Å². The van der Waals surface area contributed by atoms with Gasteiger partial charge in [-0.3, -0.25) is 4.79 Å². The summed E-state index contributed by atoms with van der Waals surface area (Å²) in [6.07, 6.45) is 4.82. The lowest BCUT2D eigenvalue weighted by Gasteiger charge is -2.30. The molecule has 0 bridgehead atoms. The smallest absolute Gasteiger partial charge is 0.240 e. The number of halogens is 1. The summed E-state index contributed by atoms with van der Waals surface area (Å²) in [5.41, 5.74) is 3.72. The number of nitrogens with zero attached hydrogens (tertiary/aromatic N) is 1. The first-order chi connectivity index (χ1) is 9.24. The summed E-state index contributed by atoms with van der Waals surface area (Å²) in [7, 11) is 0. The molecule has 1 fully saturated rings. The molecule has 0 spiro atoms. The van der Waals surface area contributed by atoms with E-state index < -0.39 is 0 Å². The Hall–Kier alpha value is -1.06. The summed E-state index contributed by atoms with van der Waals surface area (Å²) in [5.74, 6) is 1.04. The fourth-order valence-corrected chi connectivity index (χ4v) is 2.79. The van der Waals surface area contributed by atoms with Gasteiger partial charge in [-0.05, 0) is 56.7 Å². The van der Waals surface area contributed by atoms with Crippen molar-refractivity contribution in [3.8, 4) is 0 Å². The molecule has 1 aliphatic heterocycles. The second-order valence-corrected chi connectivity index (χ2v) is 5.86. The molecule has 0 aromatic heterocycles. The number of aryl methyl sites for hydroxylation is 2. The largest absolute Gasteiger partial charge is 0.311 e. The van der Waals surface area contributed by atoms with Crippen LogP contribution in [0.25, 0.3) is 0 Å². The summed E-state index contributed by atoms with van der Waals surface area (Å²) in [5, 5.41) is 3.30. The second-order valence-electron chi connectivity index (χ2n) is 5.86. The third-order valence-electron chi connectivity index (χ3n) is 4.06. The number of carbonyl (C=O) groups is 1. The Morgan fingerprint density at radius 2 is 2.20 bits per heavy atom. The van der Waals surface area contributed by atoms with Gasteiger partial charge in [0.1, 0.15) is 0 Å². The summed E-state index contributed by atoms with van der Waals surface area (Å²) in [6, 6.07) is 6.41. The van der Waals surface area contributed by atoms with Gasteiger partial charge in [0, 0.05) is 12.2 Å². The first-order valence-electron chi connectivity index (χ1n) is 7.34. The standard InChI is InChI=1S/C16H22N2O.ClH/c1-12-4-7-15-14(9-12)3-2-8-18(15)16(19)11-17-10-13-5-6-13;/h4,7,9,13,17H,2-3,5-6,8,10-11H2,1H3;1H. The zero-order valence-corrected chi connectivity index (χ0v) is 12.8. The predicted molar refractivity (Wildman–Crippen MR) is 84.7 cm³/mol. The lowest BCUT2D eigenvalue weighted by Crippen LogP contribution is -2.41. The van der Waals surface area contributed by atoms with Gasteiger partial charge in [-0.15, -0.1) is 12.4 Å². The molecule has 3 nitrogen and oxygen atoms in total. The number of benzene rings is 1. The Balaban J connectivity index is 0.00000147. The maximum Gasteiger partial charge on any atom is 0.240 e. The van der Waals surface area contributed by atoms with Gasteiger partial charge in [0.25, 0.3) is 0 Å². The van der Waals surface area contributed by atoms with Crippen LogP contribution in [0.5, 0.6) is 0 Å². The number of carbonyl (C=O) groups excluding carboxylic acids is 1. The molecular formula is C16H23ClN2O. The van der Waals surface area contributed by atoms with Crippen LogP contribution in [-0.2, 0) is 11.2 Å². The van der Waals surface area contributed by atoms with E-state index in [4.69, 9.17) is 0 Å². The van der Waals surface area contributed by atoms with E-state index in [-0.39, 0.29) is 18.3 Å². The third kappa shape index (κ3) is 3.53. The zero-order chi connectivity index (χ0) is 13.2. The molecular weight excluding hydrogens is 272 g/mol. The molecule has 1 aromatic carbocycles. The number of nitrogens with one attached hydrogen (secondary N) is 1. The Labute approximate surface area is 127 Å². The summed E-state index contributed by atoms with van der Waals surface area (Å²) in [6.45, 7) is 4.45. The van der Waals surface area contributed by atoms with Crippen LogP contribution in [0.2, 0.25) is 0 Å². The summed E-state index contributed by atoms with van der Waals surface area (Å²) in [4.78, 5) is 14.3. The molecule has 1 N–H and O–H groups in total. The number of amides is 1. The maximum atomic E-state index is 12.3. The fraction of sp³-hybridized carbons (Fsp3) is 0.562. The molecule has 0 saturated heterocycles. The molecule has 0 radical (unpaired) electrons. The highest BCUT2D eigenvalue weighted by Gasteiger charge is 2.24. The second kappa shape index (κ2) is 6.59. The van der Waals surface area contributed by atoms with Crippen LogP contribution in [0.3, 0.4) is 0 Å². The van der Waals surface area contributed by atoms with Gasteiger partial charge in [0.05, 0.1) is 6.54 Å². The van der Waals surface area contributed by atoms with E-state index in [1.807, 2.05) is 4.90 Å². The van der Waals surface area contributed by atoms with Crippen LogP contribution in [-0.4, -0.2) is 25.5 Å². The van der Waals surface area contributed by atoms with Crippen molar-refractivity contribution in [3.63, 3.8) is 0 Å². The molecule has 1 aliphatic carbocycles. The van der Waals surface area contributed by atoms with Crippen LogP contribution in [0.15, 0.2) is 18.2 Å². The van der Waals surface area contributed by atoms with Crippen LogP contribution in [0, 0.1) is 12.8 Å². The normalized spacial score (nSPS) is 17.4. The van der Waals surface area contributed by atoms with Crippen LogP contribution in [0.4, 0.5) is 5.69 Å². The Bertz CT molecular complexity index is 485. The molecule has 4 heteroatoms. The van der Waals surface area contributed by atoms with Crippen molar-refractivity contribution < 1.29 is 4.79 Å². The van der Waals surface area contributed by atoms with Crippen molar-refractivity contribution in [1.82, 2.24) is 5.32 Å². The quantitative estimate of drug-likeness (QED) is 0.926. The van der Waals surface area contributed by atoms with Crippen LogP contribution >= 0.6 is 12.4 Å². The van der Waals surface area contributed by atoms with E-state index >= 15 is 0 Å². The van der Waals surface area contributed by atoms with E-state index in [0.29, 0.717) is 6.54 Å². The molecule has 110 valence electrons. The van der Waals surface area contributed by atoms with Crippen molar-refractivity contribution >= 4 is 24.0 Å². The number of rotatable bonds is 4. The summed E-state index contributed by atoms with van der Waals surface area (Å²) < 4.78 is 0. The highest BCUT2D eigenvalue weighted by molar-refractivity contribution is 5.96. The lowest BCUT2D eigenvalue weighted by atomic mass is 9.99. The van der Waals surface area contributed by atoms with Crippen molar-refractivity contribution in [1.29, 1.82) is 0 Å². The van der Waals surface area contributed by atoms with Crippen molar-refractivity contribution in [2.45, 2.75) is 32.6 Å². The topological polar surface area (TPSA) is 32.3 Å². The van der Waals surface area contributed by atoms with E-state index in [2.05, 4.69) is 30.4 Å².